The molecule has 8 heteroatoms. The molecular formula is C19H24N4O3S. The zero-order valence-corrected chi connectivity index (χ0v) is 16.6. The highest BCUT2D eigenvalue weighted by Crippen LogP contribution is 2.25. The minimum atomic E-state index is -0.343. The molecule has 1 aromatic carbocycles. The molecule has 0 unspecified atom stereocenters. The number of benzene rings is 1. The molecule has 1 N–H and O–H groups in total. The number of nitrogens with zero attached hydrogens (tertiary/aromatic N) is 3. The van der Waals surface area contributed by atoms with Crippen molar-refractivity contribution in [1.82, 2.24) is 14.8 Å². The van der Waals surface area contributed by atoms with E-state index < -0.39 is 0 Å². The van der Waals surface area contributed by atoms with Crippen LogP contribution < -0.4 is 5.32 Å². The van der Waals surface area contributed by atoms with Crippen LogP contribution in [0.2, 0.25) is 0 Å². The number of amides is 1. The number of rotatable bonds is 7. The van der Waals surface area contributed by atoms with Crippen LogP contribution in [-0.2, 0) is 16.1 Å². The lowest BCUT2D eigenvalue weighted by atomic mass is 10.1. The lowest BCUT2D eigenvalue weighted by Crippen LogP contribution is -2.23. The van der Waals surface area contributed by atoms with Crippen LogP contribution in [0.3, 0.4) is 0 Å². The number of ketones is 1. The summed E-state index contributed by atoms with van der Waals surface area (Å²) in [7, 11) is 0. The smallest absolute Gasteiger partial charge is 0.237 e. The molecular weight excluding hydrogens is 364 g/mol. The Hall–Kier alpha value is -2.19. The van der Waals surface area contributed by atoms with Crippen molar-refractivity contribution in [2.24, 2.45) is 0 Å². The number of carbonyl (C=O) groups excluding carboxylic acids is 2. The average molecular weight is 388 g/mol. The number of ether oxygens (including phenoxy) is 1. The third-order valence-corrected chi connectivity index (χ3v) is 5.60. The lowest BCUT2D eigenvalue weighted by Gasteiger charge is -2.15. The molecule has 1 aliphatic heterocycles. The Balaban J connectivity index is 1.61. The summed E-state index contributed by atoms with van der Waals surface area (Å²) >= 11 is 1.38. The zero-order chi connectivity index (χ0) is 19.4. The molecule has 1 amide bonds. The fourth-order valence-corrected chi connectivity index (χ4v) is 3.80. The van der Waals surface area contributed by atoms with E-state index in [2.05, 4.69) is 15.5 Å². The van der Waals surface area contributed by atoms with Gasteiger partial charge in [-0.05, 0) is 57.9 Å². The quantitative estimate of drug-likeness (QED) is 0.579. The minimum absolute atomic E-state index is 0.00208. The van der Waals surface area contributed by atoms with Crippen LogP contribution in [0.4, 0.5) is 5.69 Å². The Morgan fingerprint density at radius 2 is 2.07 bits per heavy atom. The predicted molar refractivity (Wildman–Crippen MR) is 104 cm³/mol. The van der Waals surface area contributed by atoms with Crippen LogP contribution in [0.25, 0.3) is 0 Å². The first kappa shape index (κ1) is 19.6. The molecule has 1 saturated heterocycles. The first-order valence-corrected chi connectivity index (χ1v) is 9.92. The molecule has 2 atom stereocenters. The number of hydrogen-bond acceptors (Lipinski definition) is 6. The van der Waals surface area contributed by atoms with Crippen molar-refractivity contribution < 1.29 is 14.3 Å². The van der Waals surface area contributed by atoms with Crippen LogP contribution in [0, 0.1) is 6.92 Å². The number of Topliss-reactive ketones (excluding diaryl/α,β-unsaturated/α-hetero) is 1. The van der Waals surface area contributed by atoms with Gasteiger partial charge in [0.2, 0.25) is 5.91 Å². The molecule has 0 radical (unpaired) electrons. The molecule has 3 rings (SSSR count). The molecule has 144 valence electrons. The highest BCUT2D eigenvalue weighted by molar-refractivity contribution is 8.00. The molecule has 0 saturated carbocycles. The SMILES string of the molecule is CC(=O)c1ccc(NC(=O)[C@@H](C)Sc2nnc(C)n2C[C@@H]2CCCO2)cc1. The Morgan fingerprint density at radius 1 is 1.33 bits per heavy atom. The number of carbonyl (C=O) groups is 2. The number of nitrogens with one attached hydrogen (secondary N) is 1. The third-order valence-electron chi connectivity index (χ3n) is 4.52. The molecule has 7 nitrogen and oxygen atoms in total. The molecule has 1 aromatic heterocycles. The van der Waals surface area contributed by atoms with E-state index in [1.54, 1.807) is 24.3 Å². The fourth-order valence-electron chi connectivity index (χ4n) is 2.89. The van der Waals surface area contributed by atoms with Crippen molar-refractivity contribution in [2.75, 3.05) is 11.9 Å². The van der Waals surface area contributed by atoms with Gasteiger partial charge in [-0.25, -0.2) is 0 Å². The van der Waals surface area contributed by atoms with Gasteiger partial charge in [0.25, 0.3) is 0 Å². The Morgan fingerprint density at radius 3 is 2.70 bits per heavy atom. The topological polar surface area (TPSA) is 86.1 Å². The van der Waals surface area contributed by atoms with Gasteiger partial charge in [-0.3, -0.25) is 9.59 Å². The van der Waals surface area contributed by atoms with Crippen molar-refractivity contribution in [1.29, 1.82) is 0 Å². The molecule has 0 aliphatic carbocycles. The Bertz CT molecular complexity index is 813. The first-order valence-electron chi connectivity index (χ1n) is 9.04. The molecule has 1 aliphatic rings. The maximum atomic E-state index is 12.5. The summed E-state index contributed by atoms with van der Waals surface area (Å²) in [6.07, 6.45) is 2.30. The van der Waals surface area contributed by atoms with Crippen LogP contribution >= 0.6 is 11.8 Å². The van der Waals surface area contributed by atoms with Gasteiger partial charge in [-0.15, -0.1) is 10.2 Å². The maximum absolute atomic E-state index is 12.5. The Kier molecular flexibility index (Phi) is 6.28. The lowest BCUT2D eigenvalue weighted by molar-refractivity contribution is -0.115. The second kappa shape index (κ2) is 8.67. The number of anilines is 1. The van der Waals surface area contributed by atoms with E-state index in [0.29, 0.717) is 17.8 Å². The minimum Gasteiger partial charge on any atom is -0.376 e. The zero-order valence-electron chi connectivity index (χ0n) is 15.8. The van der Waals surface area contributed by atoms with E-state index in [4.69, 9.17) is 4.74 Å². The number of thioether (sulfide) groups is 1. The van der Waals surface area contributed by atoms with Gasteiger partial charge in [-0.2, -0.15) is 0 Å². The van der Waals surface area contributed by atoms with Crippen molar-refractivity contribution in [3.63, 3.8) is 0 Å². The highest BCUT2D eigenvalue weighted by Gasteiger charge is 2.23. The first-order chi connectivity index (χ1) is 12.9. The van der Waals surface area contributed by atoms with E-state index in [9.17, 15) is 9.59 Å². The number of aromatic nitrogens is 3. The number of aryl methyl sites for hydroxylation is 1. The highest BCUT2D eigenvalue weighted by atomic mass is 32.2. The van der Waals surface area contributed by atoms with Gasteiger partial charge in [0.1, 0.15) is 5.82 Å². The summed E-state index contributed by atoms with van der Waals surface area (Å²) in [6.45, 7) is 6.77. The second-order valence-corrected chi connectivity index (χ2v) is 7.97. The monoisotopic (exact) mass is 388 g/mol. The summed E-state index contributed by atoms with van der Waals surface area (Å²) in [5, 5.41) is 11.6. The van der Waals surface area contributed by atoms with Gasteiger partial charge in [0, 0.05) is 17.9 Å². The van der Waals surface area contributed by atoms with Crippen molar-refractivity contribution in [2.45, 2.75) is 56.7 Å². The summed E-state index contributed by atoms with van der Waals surface area (Å²) in [4.78, 5) is 23.9. The van der Waals surface area contributed by atoms with E-state index in [1.807, 2.05) is 18.4 Å². The summed E-state index contributed by atoms with van der Waals surface area (Å²) in [5.74, 6) is 0.693. The Labute approximate surface area is 162 Å². The molecule has 0 spiro atoms. The molecule has 27 heavy (non-hydrogen) atoms. The van der Waals surface area contributed by atoms with Crippen LogP contribution in [0.15, 0.2) is 29.4 Å². The third kappa shape index (κ3) is 4.95. The number of hydrogen-bond donors (Lipinski definition) is 1. The molecule has 2 heterocycles. The normalized spacial score (nSPS) is 17.7. The van der Waals surface area contributed by atoms with Crippen molar-refractivity contribution in [3.8, 4) is 0 Å². The van der Waals surface area contributed by atoms with Crippen LogP contribution in [-0.4, -0.2) is 44.4 Å². The van der Waals surface area contributed by atoms with E-state index in [-0.39, 0.29) is 23.0 Å². The van der Waals surface area contributed by atoms with Gasteiger partial charge >= 0.3 is 0 Å². The fraction of sp³-hybridized carbons (Fsp3) is 0.474. The summed E-state index contributed by atoms with van der Waals surface area (Å²) < 4.78 is 7.73. The van der Waals surface area contributed by atoms with Crippen molar-refractivity contribution in [3.05, 3.63) is 35.7 Å². The molecule has 1 fully saturated rings. The van der Waals surface area contributed by atoms with Gasteiger partial charge in [0.05, 0.1) is 17.9 Å². The molecule has 0 bridgehead atoms. The van der Waals surface area contributed by atoms with E-state index in [0.717, 1.165) is 30.4 Å². The van der Waals surface area contributed by atoms with E-state index >= 15 is 0 Å². The maximum Gasteiger partial charge on any atom is 0.237 e. The standard InChI is InChI=1S/C19H24N4O3S/c1-12(24)15-6-8-16(9-7-15)20-18(25)13(2)27-19-22-21-14(3)23(19)11-17-5-4-10-26-17/h6-9,13,17H,4-5,10-11H2,1-3H3,(H,20,25)/t13-,17+/m1/s1. The summed E-state index contributed by atoms with van der Waals surface area (Å²) in [6, 6.07) is 6.88. The van der Waals surface area contributed by atoms with Gasteiger partial charge in [0.15, 0.2) is 10.9 Å². The van der Waals surface area contributed by atoms with E-state index in [1.165, 1.54) is 18.7 Å². The van der Waals surface area contributed by atoms with Crippen molar-refractivity contribution >= 4 is 29.1 Å². The van der Waals surface area contributed by atoms with Gasteiger partial charge < -0.3 is 14.6 Å². The molecule has 2 aromatic rings. The second-order valence-electron chi connectivity index (χ2n) is 6.66. The van der Waals surface area contributed by atoms with Crippen LogP contribution in [0.1, 0.15) is 42.9 Å². The largest absolute Gasteiger partial charge is 0.376 e. The predicted octanol–water partition coefficient (Wildman–Crippen LogP) is 3.09. The average Bonchev–Trinajstić information content (AvgIpc) is 3.27. The van der Waals surface area contributed by atoms with Gasteiger partial charge in [-0.1, -0.05) is 11.8 Å². The summed E-state index contributed by atoms with van der Waals surface area (Å²) in [5.41, 5.74) is 1.28. The van der Waals surface area contributed by atoms with Crippen LogP contribution in [0.5, 0.6) is 0 Å².